The zero-order valence-electron chi connectivity index (χ0n) is 12.5. The zero-order valence-corrected chi connectivity index (χ0v) is 12.5. The summed E-state index contributed by atoms with van der Waals surface area (Å²) >= 11 is 0. The minimum absolute atomic E-state index is 0.0211. The smallest absolute Gasteiger partial charge is 0.319 e. The molecule has 1 aromatic heterocycles. The van der Waals surface area contributed by atoms with Crippen LogP contribution in [0.4, 0.5) is 13.2 Å². The second-order valence-electron chi connectivity index (χ2n) is 4.83. The standard InChI is InChI=1S/C15H16F3N3O2/c1-20(10-13-19-7-8-21(13)15(17)18)14(22)6-9-23-12-4-2-11(16)3-5-12/h2-5,7-8,15H,6,9-10H2,1H3. The van der Waals surface area contributed by atoms with Crippen LogP contribution in [0.25, 0.3) is 0 Å². The number of rotatable bonds is 7. The first kappa shape index (κ1) is 16.9. The summed E-state index contributed by atoms with van der Waals surface area (Å²) in [6, 6.07) is 5.44. The van der Waals surface area contributed by atoms with E-state index in [9.17, 15) is 18.0 Å². The number of hydrogen-bond donors (Lipinski definition) is 0. The Kier molecular flexibility index (Phi) is 5.61. The molecule has 2 rings (SSSR count). The highest BCUT2D eigenvalue weighted by Crippen LogP contribution is 2.14. The molecule has 0 saturated heterocycles. The number of ether oxygens (including phenoxy) is 1. The van der Waals surface area contributed by atoms with Crippen LogP contribution in [-0.2, 0) is 11.3 Å². The molecule has 0 N–H and O–H groups in total. The number of imidazole rings is 1. The lowest BCUT2D eigenvalue weighted by Gasteiger charge is -2.17. The molecule has 0 aliphatic heterocycles. The SMILES string of the molecule is CN(Cc1nccn1C(F)F)C(=O)CCOc1ccc(F)cc1. The normalized spacial score (nSPS) is 10.8. The molecule has 0 radical (unpaired) electrons. The molecule has 5 nitrogen and oxygen atoms in total. The lowest BCUT2D eigenvalue weighted by atomic mass is 10.3. The third-order valence-corrected chi connectivity index (χ3v) is 3.16. The molecule has 124 valence electrons. The molecule has 0 atom stereocenters. The van der Waals surface area contributed by atoms with Crippen molar-refractivity contribution in [1.82, 2.24) is 14.5 Å². The Labute approximate surface area is 131 Å². The van der Waals surface area contributed by atoms with Gasteiger partial charge in [0.05, 0.1) is 19.6 Å². The van der Waals surface area contributed by atoms with Crippen LogP contribution in [-0.4, -0.2) is 34.0 Å². The summed E-state index contributed by atoms with van der Waals surface area (Å²) in [7, 11) is 1.50. The average Bonchev–Trinajstić information content (AvgIpc) is 2.97. The fourth-order valence-corrected chi connectivity index (χ4v) is 1.92. The Hall–Kier alpha value is -2.51. The summed E-state index contributed by atoms with van der Waals surface area (Å²) in [5.74, 6) is -0.0796. The highest BCUT2D eigenvalue weighted by molar-refractivity contribution is 5.75. The van der Waals surface area contributed by atoms with Crippen LogP contribution in [0, 0.1) is 5.82 Å². The number of aromatic nitrogens is 2. The van der Waals surface area contributed by atoms with E-state index in [1.54, 1.807) is 0 Å². The molecule has 1 amide bonds. The minimum atomic E-state index is -2.70. The van der Waals surface area contributed by atoms with Crippen molar-refractivity contribution in [1.29, 1.82) is 0 Å². The summed E-state index contributed by atoms with van der Waals surface area (Å²) in [6.45, 7) is -2.61. The van der Waals surface area contributed by atoms with Crippen molar-refractivity contribution < 1.29 is 22.7 Å². The molecule has 0 bridgehead atoms. The Morgan fingerprint density at radius 1 is 1.35 bits per heavy atom. The lowest BCUT2D eigenvalue weighted by Crippen LogP contribution is -2.29. The van der Waals surface area contributed by atoms with Crippen molar-refractivity contribution in [3.8, 4) is 5.75 Å². The van der Waals surface area contributed by atoms with Gasteiger partial charge in [0, 0.05) is 19.4 Å². The number of carbonyl (C=O) groups excluding carboxylic acids is 1. The Morgan fingerprint density at radius 3 is 2.70 bits per heavy atom. The van der Waals surface area contributed by atoms with Crippen LogP contribution in [0.5, 0.6) is 5.75 Å². The van der Waals surface area contributed by atoms with E-state index in [0.29, 0.717) is 10.3 Å². The quantitative estimate of drug-likeness (QED) is 0.786. The van der Waals surface area contributed by atoms with Gasteiger partial charge in [-0.3, -0.25) is 9.36 Å². The number of alkyl halides is 2. The second-order valence-corrected chi connectivity index (χ2v) is 4.83. The number of nitrogens with zero attached hydrogens (tertiary/aromatic N) is 3. The summed E-state index contributed by atoms with van der Waals surface area (Å²) in [6.07, 6.45) is 2.50. The van der Waals surface area contributed by atoms with Crippen molar-refractivity contribution in [2.75, 3.05) is 13.7 Å². The molecular formula is C15H16F3N3O2. The van der Waals surface area contributed by atoms with Gasteiger partial charge in [0.25, 0.3) is 0 Å². The van der Waals surface area contributed by atoms with E-state index in [-0.39, 0.29) is 37.1 Å². The molecule has 8 heteroatoms. The molecule has 2 aromatic rings. The summed E-state index contributed by atoms with van der Waals surface area (Å²) in [5.41, 5.74) is 0. The van der Waals surface area contributed by atoms with Gasteiger partial charge in [0.15, 0.2) is 0 Å². The van der Waals surface area contributed by atoms with Crippen LogP contribution in [0.2, 0.25) is 0 Å². The second kappa shape index (κ2) is 7.66. The average molecular weight is 327 g/mol. The number of amides is 1. The van der Waals surface area contributed by atoms with Gasteiger partial charge in [-0.05, 0) is 24.3 Å². The summed E-state index contributed by atoms with van der Waals surface area (Å²) in [4.78, 5) is 17.1. The Balaban J connectivity index is 1.80. The van der Waals surface area contributed by atoms with Gasteiger partial charge in [-0.1, -0.05) is 0 Å². The molecule has 1 heterocycles. The molecule has 0 aliphatic carbocycles. The third kappa shape index (κ3) is 4.73. The molecule has 0 aliphatic rings. The minimum Gasteiger partial charge on any atom is -0.493 e. The fourth-order valence-electron chi connectivity index (χ4n) is 1.92. The van der Waals surface area contributed by atoms with Gasteiger partial charge in [0.1, 0.15) is 17.4 Å². The first-order chi connectivity index (χ1) is 11.0. The fraction of sp³-hybridized carbons (Fsp3) is 0.333. The monoisotopic (exact) mass is 327 g/mol. The summed E-state index contributed by atoms with van der Waals surface area (Å²) in [5, 5.41) is 0. The van der Waals surface area contributed by atoms with Gasteiger partial charge >= 0.3 is 6.55 Å². The van der Waals surface area contributed by atoms with Crippen LogP contribution in [0.15, 0.2) is 36.7 Å². The van der Waals surface area contributed by atoms with E-state index < -0.39 is 6.55 Å². The van der Waals surface area contributed by atoms with E-state index in [1.165, 1.54) is 42.4 Å². The van der Waals surface area contributed by atoms with E-state index in [4.69, 9.17) is 4.74 Å². The molecule has 23 heavy (non-hydrogen) atoms. The van der Waals surface area contributed by atoms with Crippen molar-refractivity contribution in [3.63, 3.8) is 0 Å². The summed E-state index contributed by atoms with van der Waals surface area (Å²) < 4.78 is 44.2. The maximum absolute atomic E-state index is 12.7. The van der Waals surface area contributed by atoms with Crippen LogP contribution >= 0.6 is 0 Å². The number of halogens is 3. The number of hydrogen-bond acceptors (Lipinski definition) is 3. The first-order valence-corrected chi connectivity index (χ1v) is 6.89. The van der Waals surface area contributed by atoms with Crippen molar-refractivity contribution in [2.45, 2.75) is 19.5 Å². The Morgan fingerprint density at radius 2 is 2.04 bits per heavy atom. The van der Waals surface area contributed by atoms with Crippen LogP contribution < -0.4 is 4.74 Å². The molecular weight excluding hydrogens is 311 g/mol. The van der Waals surface area contributed by atoms with Gasteiger partial charge in [-0.2, -0.15) is 8.78 Å². The van der Waals surface area contributed by atoms with Crippen molar-refractivity contribution in [2.24, 2.45) is 0 Å². The molecule has 1 aromatic carbocycles. The molecule has 0 spiro atoms. The predicted molar refractivity (Wildman–Crippen MR) is 76.5 cm³/mol. The van der Waals surface area contributed by atoms with Gasteiger partial charge < -0.3 is 9.64 Å². The third-order valence-electron chi connectivity index (χ3n) is 3.16. The largest absolute Gasteiger partial charge is 0.493 e. The van der Waals surface area contributed by atoms with E-state index in [1.807, 2.05) is 0 Å². The number of carbonyl (C=O) groups is 1. The van der Waals surface area contributed by atoms with Gasteiger partial charge in [0.2, 0.25) is 5.91 Å². The van der Waals surface area contributed by atoms with Crippen molar-refractivity contribution >= 4 is 5.91 Å². The maximum atomic E-state index is 12.7. The molecule has 0 saturated carbocycles. The zero-order chi connectivity index (χ0) is 16.8. The first-order valence-electron chi connectivity index (χ1n) is 6.89. The van der Waals surface area contributed by atoms with Crippen LogP contribution in [0.1, 0.15) is 18.8 Å². The van der Waals surface area contributed by atoms with E-state index in [2.05, 4.69) is 4.98 Å². The predicted octanol–water partition coefficient (Wildman–Crippen LogP) is 2.84. The van der Waals surface area contributed by atoms with E-state index >= 15 is 0 Å². The number of benzene rings is 1. The van der Waals surface area contributed by atoms with Gasteiger partial charge in [-0.15, -0.1) is 0 Å². The molecule has 0 unspecified atom stereocenters. The highest BCUT2D eigenvalue weighted by atomic mass is 19.3. The highest BCUT2D eigenvalue weighted by Gasteiger charge is 2.16. The van der Waals surface area contributed by atoms with Crippen LogP contribution in [0.3, 0.4) is 0 Å². The van der Waals surface area contributed by atoms with Crippen molar-refractivity contribution in [3.05, 3.63) is 48.3 Å². The Bertz CT molecular complexity index is 644. The lowest BCUT2D eigenvalue weighted by molar-refractivity contribution is -0.131. The van der Waals surface area contributed by atoms with E-state index in [0.717, 1.165) is 6.20 Å². The topological polar surface area (TPSA) is 47.4 Å². The maximum Gasteiger partial charge on any atom is 0.319 e. The van der Waals surface area contributed by atoms with Gasteiger partial charge in [-0.25, -0.2) is 9.37 Å². The molecule has 0 fully saturated rings.